The van der Waals surface area contributed by atoms with Crippen LogP contribution in [0, 0.1) is 13.8 Å². The molecule has 1 fully saturated rings. The number of nitrogens with zero attached hydrogens (tertiary/aromatic N) is 4. The highest BCUT2D eigenvalue weighted by molar-refractivity contribution is 7.22. The van der Waals surface area contributed by atoms with Crippen LogP contribution < -0.4 is 4.90 Å². The van der Waals surface area contributed by atoms with Crippen molar-refractivity contribution in [2.24, 2.45) is 0 Å². The Bertz CT molecular complexity index is 1190. The zero-order valence-electron chi connectivity index (χ0n) is 17.6. The maximum absolute atomic E-state index is 13.5. The molecule has 0 aliphatic carbocycles. The number of carbonyl (C=O) groups excluding carboxylic acids is 1. The van der Waals surface area contributed by atoms with Crippen molar-refractivity contribution in [1.29, 1.82) is 0 Å². The van der Waals surface area contributed by atoms with Gasteiger partial charge in [-0.25, -0.2) is 9.67 Å². The van der Waals surface area contributed by atoms with E-state index < -0.39 is 0 Å². The van der Waals surface area contributed by atoms with Crippen molar-refractivity contribution >= 4 is 32.6 Å². The van der Waals surface area contributed by atoms with E-state index in [0.717, 1.165) is 46.7 Å². The Labute approximate surface area is 185 Å². The van der Waals surface area contributed by atoms with E-state index in [1.807, 2.05) is 73.1 Å². The van der Waals surface area contributed by atoms with Crippen LogP contribution in [0.4, 0.5) is 5.13 Å². The third-order valence-corrected chi connectivity index (χ3v) is 6.60. The Kier molecular flexibility index (Phi) is 5.29. The summed E-state index contributed by atoms with van der Waals surface area (Å²) in [4.78, 5) is 20.1. The lowest BCUT2D eigenvalue weighted by atomic mass is 10.1. The molecule has 2 aromatic carbocycles. The second-order valence-electron chi connectivity index (χ2n) is 7.90. The van der Waals surface area contributed by atoms with E-state index in [1.54, 1.807) is 16.2 Å². The van der Waals surface area contributed by atoms with Crippen LogP contribution in [-0.4, -0.2) is 39.9 Å². The summed E-state index contributed by atoms with van der Waals surface area (Å²) in [6, 6.07) is 17.6. The summed E-state index contributed by atoms with van der Waals surface area (Å²) in [5.74, 6) is -0.0607. The first-order valence-electron chi connectivity index (χ1n) is 10.5. The average molecular weight is 433 g/mol. The number of fused-ring (bicyclic) bond motifs is 1. The van der Waals surface area contributed by atoms with Crippen molar-refractivity contribution in [3.05, 3.63) is 71.5 Å². The Balaban J connectivity index is 1.46. The molecule has 3 heterocycles. The molecule has 0 bridgehead atoms. The first-order chi connectivity index (χ1) is 15.1. The Morgan fingerprint density at radius 2 is 2.00 bits per heavy atom. The zero-order valence-corrected chi connectivity index (χ0v) is 18.4. The topological polar surface area (TPSA) is 60.2 Å². The van der Waals surface area contributed by atoms with Gasteiger partial charge < -0.3 is 4.74 Å². The normalized spacial score (nSPS) is 16.1. The van der Waals surface area contributed by atoms with E-state index in [1.165, 1.54) is 0 Å². The molecular weight excluding hydrogens is 408 g/mol. The van der Waals surface area contributed by atoms with E-state index in [2.05, 4.69) is 5.10 Å². The van der Waals surface area contributed by atoms with Crippen molar-refractivity contribution in [3.63, 3.8) is 0 Å². The largest absolute Gasteiger partial charge is 0.376 e. The molecule has 5 rings (SSSR count). The minimum absolute atomic E-state index is 0.0462. The quantitative estimate of drug-likeness (QED) is 0.449. The Morgan fingerprint density at radius 1 is 1.19 bits per heavy atom. The minimum Gasteiger partial charge on any atom is -0.376 e. The Hall–Kier alpha value is -3.03. The summed E-state index contributed by atoms with van der Waals surface area (Å²) in [5.41, 5.74) is 4.50. The lowest BCUT2D eigenvalue weighted by Gasteiger charge is -2.23. The van der Waals surface area contributed by atoms with Crippen LogP contribution in [0.15, 0.2) is 54.6 Å². The Morgan fingerprint density at radius 3 is 2.68 bits per heavy atom. The summed E-state index contributed by atoms with van der Waals surface area (Å²) >= 11 is 1.54. The predicted molar refractivity (Wildman–Crippen MR) is 123 cm³/mol. The van der Waals surface area contributed by atoms with Crippen molar-refractivity contribution in [1.82, 2.24) is 14.8 Å². The van der Waals surface area contributed by atoms with Gasteiger partial charge in [-0.1, -0.05) is 23.5 Å². The molecule has 7 heteroatoms. The highest BCUT2D eigenvalue weighted by atomic mass is 32.1. The number of hydrogen-bond acceptors (Lipinski definition) is 5. The monoisotopic (exact) mass is 432 g/mol. The average Bonchev–Trinajstić information content (AvgIpc) is 3.51. The van der Waals surface area contributed by atoms with Crippen LogP contribution in [0.3, 0.4) is 0 Å². The van der Waals surface area contributed by atoms with Gasteiger partial charge in [-0.2, -0.15) is 5.10 Å². The van der Waals surface area contributed by atoms with Crippen LogP contribution in [0.1, 0.15) is 34.6 Å². The number of thiazole rings is 1. The highest BCUT2D eigenvalue weighted by Gasteiger charge is 2.27. The molecule has 0 radical (unpaired) electrons. The van der Waals surface area contributed by atoms with Gasteiger partial charge in [0.05, 0.1) is 34.2 Å². The van der Waals surface area contributed by atoms with Gasteiger partial charge in [0, 0.05) is 17.9 Å². The number of anilines is 1. The molecule has 0 N–H and O–H groups in total. The van der Waals surface area contributed by atoms with Crippen LogP contribution in [0.5, 0.6) is 0 Å². The molecule has 0 saturated carbocycles. The molecule has 0 unspecified atom stereocenters. The van der Waals surface area contributed by atoms with Gasteiger partial charge in [-0.3, -0.25) is 9.69 Å². The fourth-order valence-electron chi connectivity index (χ4n) is 4.01. The standard InChI is InChI=1S/C24H24N4O2S/c1-16-14-17(2)28(26-16)19-11-9-18(10-12-19)23(29)27(15-20-6-5-13-30-20)24-25-21-7-3-4-8-22(21)31-24/h3-4,7-12,14,20H,5-6,13,15H2,1-2H3/t20-/m0/s1. The van der Waals surface area contributed by atoms with Gasteiger partial charge in [-0.05, 0) is 69.2 Å². The van der Waals surface area contributed by atoms with E-state index in [-0.39, 0.29) is 12.0 Å². The van der Waals surface area contributed by atoms with Crippen LogP contribution >= 0.6 is 11.3 Å². The molecule has 1 saturated heterocycles. The van der Waals surface area contributed by atoms with E-state index in [4.69, 9.17) is 9.72 Å². The molecular formula is C24H24N4O2S. The molecule has 6 nitrogen and oxygen atoms in total. The second kappa shape index (κ2) is 8.24. The number of aryl methyl sites for hydroxylation is 2. The number of carbonyl (C=O) groups is 1. The third kappa shape index (κ3) is 3.98. The fourth-order valence-corrected chi connectivity index (χ4v) is 4.98. The van der Waals surface area contributed by atoms with Gasteiger partial charge in [0.25, 0.3) is 5.91 Å². The second-order valence-corrected chi connectivity index (χ2v) is 8.91. The summed E-state index contributed by atoms with van der Waals surface area (Å²) in [6.07, 6.45) is 2.04. The highest BCUT2D eigenvalue weighted by Crippen LogP contribution is 2.31. The molecule has 1 amide bonds. The van der Waals surface area contributed by atoms with E-state index in [0.29, 0.717) is 17.2 Å². The van der Waals surface area contributed by atoms with Crippen molar-refractivity contribution < 1.29 is 9.53 Å². The van der Waals surface area contributed by atoms with Crippen LogP contribution in [0.2, 0.25) is 0 Å². The van der Waals surface area contributed by atoms with Gasteiger partial charge in [0.2, 0.25) is 0 Å². The third-order valence-electron chi connectivity index (χ3n) is 5.54. The molecule has 1 atom stereocenters. The maximum atomic E-state index is 13.5. The van der Waals surface area contributed by atoms with Gasteiger partial charge >= 0.3 is 0 Å². The van der Waals surface area contributed by atoms with Gasteiger partial charge in [0.15, 0.2) is 5.13 Å². The summed E-state index contributed by atoms with van der Waals surface area (Å²) in [6.45, 7) is 5.26. The predicted octanol–water partition coefficient (Wildman–Crippen LogP) is 4.92. The first kappa shape index (κ1) is 19.9. The van der Waals surface area contributed by atoms with Gasteiger partial charge in [0.1, 0.15) is 0 Å². The summed E-state index contributed by atoms with van der Waals surface area (Å²) < 4.78 is 8.79. The molecule has 2 aromatic heterocycles. The molecule has 31 heavy (non-hydrogen) atoms. The van der Waals surface area contributed by atoms with Crippen molar-refractivity contribution in [2.45, 2.75) is 32.8 Å². The molecule has 1 aliphatic heterocycles. The fraction of sp³-hybridized carbons (Fsp3) is 0.292. The first-order valence-corrected chi connectivity index (χ1v) is 11.3. The number of aromatic nitrogens is 3. The SMILES string of the molecule is Cc1cc(C)n(-c2ccc(C(=O)N(C[C@@H]3CCCO3)c3nc4ccccc4s3)cc2)n1. The molecule has 1 aliphatic rings. The molecule has 4 aromatic rings. The lowest BCUT2D eigenvalue weighted by Crippen LogP contribution is -2.37. The van der Waals surface area contributed by atoms with E-state index >= 15 is 0 Å². The molecule has 0 spiro atoms. The number of benzene rings is 2. The van der Waals surface area contributed by atoms with Crippen molar-refractivity contribution in [2.75, 3.05) is 18.1 Å². The number of hydrogen-bond donors (Lipinski definition) is 0. The molecule has 158 valence electrons. The number of rotatable bonds is 5. The smallest absolute Gasteiger partial charge is 0.260 e. The van der Waals surface area contributed by atoms with E-state index in [9.17, 15) is 4.79 Å². The summed E-state index contributed by atoms with van der Waals surface area (Å²) in [5, 5.41) is 5.24. The van der Waals surface area contributed by atoms with Crippen LogP contribution in [0.25, 0.3) is 15.9 Å². The lowest BCUT2D eigenvalue weighted by molar-refractivity contribution is 0.0917. The number of amides is 1. The van der Waals surface area contributed by atoms with Gasteiger partial charge in [-0.15, -0.1) is 0 Å². The minimum atomic E-state index is -0.0607. The zero-order chi connectivity index (χ0) is 21.4. The van der Waals surface area contributed by atoms with Crippen LogP contribution in [-0.2, 0) is 4.74 Å². The summed E-state index contributed by atoms with van der Waals surface area (Å²) in [7, 11) is 0. The van der Waals surface area contributed by atoms with Crippen molar-refractivity contribution in [3.8, 4) is 5.69 Å². The number of ether oxygens (including phenoxy) is 1. The maximum Gasteiger partial charge on any atom is 0.260 e. The number of para-hydroxylation sites is 1.